The van der Waals surface area contributed by atoms with E-state index < -0.39 is 12.2 Å². The Balaban J connectivity index is 1.89. The minimum atomic E-state index is -0.434. The number of anilines is 2. The van der Waals surface area contributed by atoms with Crippen LogP contribution in [0.5, 0.6) is 0 Å². The summed E-state index contributed by atoms with van der Waals surface area (Å²) in [6.07, 6.45) is -1.06. The number of hydrazine groups is 1. The lowest BCUT2D eigenvalue weighted by Gasteiger charge is -2.40. The monoisotopic (exact) mass is 433 g/mol. The number of hydrogen-bond donors (Lipinski definition) is 1. The van der Waals surface area contributed by atoms with Crippen molar-refractivity contribution in [3.8, 4) is 0 Å². The molecule has 0 radical (unpaired) electrons. The highest BCUT2D eigenvalue weighted by atomic mass is 16.6. The average molecular weight is 434 g/mol. The molecule has 2 atom stereocenters. The minimum Gasteiger partial charge on any atom is -0.452 e. The zero-order valence-electron chi connectivity index (χ0n) is 19.4. The molecule has 9 heteroatoms. The second-order valence-electron chi connectivity index (χ2n) is 8.79. The maximum Gasteiger partial charge on any atom is 0.414 e. The fourth-order valence-corrected chi connectivity index (χ4v) is 4.06. The molecule has 0 bridgehead atoms. The van der Waals surface area contributed by atoms with E-state index in [-0.39, 0.29) is 12.1 Å². The second-order valence-corrected chi connectivity index (χ2v) is 8.79. The molecule has 1 aromatic rings. The normalized spacial score (nSPS) is 21.5. The second kappa shape index (κ2) is 9.84. The molecule has 1 unspecified atom stereocenters. The summed E-state index contributed by atoms with van der Waals surface area (Å²) in [4.78, 5) is 30.7. The number of nitrogens with zero attached hydrogens (tertiary/aromatic N) is 4. The first-order chi connectivity index (χ1) is 14.7. The van der Waals surface area contributed by atoms with E-state index in [1.165, 1.54) is 7.11 Å². The van der Waals surface area contributed by atoms with Crippen molar-refractivity contribution in [2.24, 2.45) is 0 Å². The number of carbonyl (C=O) groups is 2. The van der Waals surface area contributed by atoms with E-state index in [1.807, 2.05) is 39.0 Å². The predicted octanol–water partition coefficient (Wildman–Crippen LogP) is 2.48. The fourth-order valence-electron chi connectivity index (χ4n) is 4.06. The highest BCUT2D eigenvalue weighted by Gasteiger charge is 2.37. The van der Waals surface area contributed by atoms with Gasteiger partial charge in [-0.15, -0.1) is 0 Å². The average Bonchev–Trinajstić information content (AvgIpc) is 3.19. The Morgan fingerprint density at radius 2 is 1.94 bits per heavy atom. The van der Waals surface area contributed by atoms with Crippen LogP contribution in [0.2, 0.25) is 0 Å². The molecule has 2 heterocycles. The van der Waals surface area contributed by atoms with Gasteiger partial charge >= 0.3 is 12.2 Å². The maximum atomic E-state index is 12.8. The maximum absolute atomic E-state index is 12.8. The third kappa shape index (κ3) is 5.28. The van der Waals surface area contributed by atoms with Crippen LogP contribution < -0.4 is 15.2 Å². The summed E-state index contributed by atoms with van der Waals surface area (Å²) >= 11 is 0. The van der Waals surface area contributed by atoms with Gasteiger partial charge in [-0.2, -0.15) is 0 Å². The van der Waals surface area contributed by atoms with Gasteiger partial charge in [-0.1, -0.05) is 6.07 Å². The molecule has 1 saturated heterocycles. The minimum absolute atomic E-state index is 0.225. The Morgan fingerprint density at radius 1 is 1.19 bits per heavy atom. The summed E-state index contributed by atoms with van der Waals surface area (Å²) in [5.74, 6) is 0.293. The molecule has 0 aromatic heterocycles. The number of methoxy groups -OCH3 is 1. The van der Waals surface area contributed by atoms with E-state index in [0.29, 0.717) is 23.8 Å². The predicted molar refractivity (Wildman–Crippen MR) is 121 cm³/mol. The number of ether oxygens (including phenoxy) is 2. The van der Waals surface area contributed by atoms with Crippen LogP contribution >= 0.6 is 0 Å². The molecule has 172 valence electrons. The van der Waals surface area contributed by atoms with Gasteiger partial charge in [-0.25, -0.2) is 14.6 Å². The van der Waals surface area contributed by atoms with E-state index in [0.717, 1.165) is 31.7 Å². The first-order valence-corrected chi connectivity index (χ1v) is 10.8. The Labute approximate surface area is 184 Å². The van der Waals surface area contributed by atoms with Gasteiger partial charge in [0, 0.05) is 32.1 Å². The summed E-state index contributed by atoms with van der Waals surface area (Å²) in [6.45, 7) is 9.53. The number of nitrogens with one attached hydrogen (secondary N) is 1. The SMILES string of the molecule is COC(=O)N1c2ccc(C3CNN(CCN(C)C)C3)cc2N(C(=O)OC(C)C)C[C@@H]1C. The largest absolute Gasteiger partial charge is 0.452 e. The van der Waals surface area contributed by atoms with Crippen molar-refractivity contribution >= 4 is 23.6 Å². The Bertz CT molecular complexity index is 800. The summed E-state index contributed by atoms with van der Waals surface area (Å²) in [7, 11) is 5.50. The third-order valence-electron chi connectivity index (χ3n) is 5.66. The van der Waals surface area contributed by atoms with Crippen molar-refractivity contribution in [2.45, 2.75) is 38.8 Å². The van der Waals surface area contributed by atoms with Gasteiger partial charge in [0.15, 0.2) is 0 Å². The molecule has 2 amide bonds. The number of hydrogen-bond acceptors (Lipinski definition) is 7. The molecular weight excluding hydrogens is 398 g/mol. The number of benzene rings is 1. The van der Waals surface area contributed by atoms with E-state index in [4.69, 9.17) is 9.47 Å². The summed E-state index contributed by atoms with van der Waals surface area (Å²) in [5, 5.41) is 2.23. The van der Waals surface area contributed by atoms with E-state index in [9.17, 15) is 9.59 Å². The van der Waals surface area contributed by atoms with Crippen LogP contribution in [0.25, 0.3) is 0 Å². The van der Waals surface area contributed by atoms with Crippen molar-refractivity contribution in [3.63, 3.8) is 0 Å². The molecular formula is C22H35N5O4. The van der Waals surface area contributed by atoms with Crippen LogP contribution in [-0.4, -0.2) is 88.2 Å². The number of fused-ring (bicyclic) bond motifs is 1. The Morgan fingerprint density at radius 3 is 2.58 bits per heavy atom. The van der Waals surface area contributed by atoms with Crippen LogP contribution in [0.3, 0.4) is 0 Å². The number of amides is 2. The molecule has 9 nitrogen and oxygen atoms in total. The van der Waals surface area contributed by atoms with Gasteiger partial charge in [0.25, 0.3) is 0 Å². The first kappa shape index (κ1) is 23.3. The lowest BCUT2D eigenvalue weighted by atomic mass is 9.97. The van der Waals surface area contributed by atoms with Crippen LogP contribution in [0.4, 0.5) is 21.0 Å². The molecule has 2 aliphatic rings. The standard InChI is InChI=1S/C22H35N5O4/c1-15(2)31-21(28)26-13-16(3)27(22(29)30-6)19-8-7-17(11-20(19)26)18-12-23-25(14-18)10-9-24(4)5/h7-8,11,15-16,18,23H,9-10,12-14H2,1-6H3/t16-,18?/m0/s1. The zero-order valence-corrected chi connectivity index (χ0v) is 19.4. The Kier molecular flexibility index (Phi) is 7.40. The molecule has 1 N–H and O–H groups in total. The van der Waals surface area contributed by atoms with Crippen LogP contribution in [0.1, 0.15) is 32.3 Å². The zero-order chi connectivity index (χ0) is 22.7. The van der Waals surface area contributed by atoms with E-state index in [1.54, 1.807) is 9.80 Å². The van der Waals surface area contributed by atoms with Crippen molar-refractivity contribution in [1.82, 2.24) is 15.3 Å². The molecule has 2 aliphatic heterocycles. The van der Waals surface area contributed by atoms with Crippen LogP contribution in [0, 0.1) is 0 Å². The smallest absolute Gasteiger partial charge is 0.414 e. The molecule has 3 rings (SSSR count). The summed E-state index contributed by atoms with van der Waals surface area (Å²) < 4.78 is 10.5. The fraction of sp³-hybridized carbons (Fsp3) is 0.636. The number of rotatable bonds is 5. The van der Waals surface area contributed by atoms with E-state index >= 15 is 0 Å². The van der Waals surface area contributed by atoms with Gasteiger partial charge in [-0.3, -0.25) is 15.2 Å². The molecule has 1 fully saturated rings. The Hall–Kier alpha value is -2.36. The molecule has 31 heavy (non-hydrogen) atoms. The number of carbonyl (C=O) groups excluding carboxylic acids is 2. The lowest BCUT2D eigenvalue weighted by Crippen LogP contribution is -2.52. The van der Waals surface area contributed by atoms with Crippen molar-refractivity contribution < 1.29 is 19.1 Å². The first-order valence-electron chi connectivity index (χ1n) is 10.8. The molecule has 0 saturated carbocycles. The quantitative estimate of drug-likeness (QED) is 0.764. The van der Waals surface area contributed by atoms with E-state index in [2.05, 4.69) is 29.4 Å². The topological polar surface area (TPSA) is 77.6 Å². The van der Waals surface area contributed by atoms with Gasteiger partial charge in [0.2, 0.25) is 0 Å². The van der Waals surface area contributed by atoms with Crippen LogP contribution in [-0.2, 0) is 9.47 Å². The van der Waals surface area contributed by atoms with Crippen LogP contribution in [0.15, 0.2) is 18.2 Å². The van der Waals surface area contributed by atoms with Gasteiger partial charge in [0.05, 0.1) is 37.2 Å². The van der Waals surface area contributed by atoms with Gasteiger partial charge in [-0.05, 0) is 52.6 Å². The highest BCUT2D eigenvalue weighted by Crippen LogP contribution is 2.39. The highest BCUT2D eigenvalue weighted by molar-refractivity contribution is 6.00. The molecule has 0 spiro atoms. The molecule has 0 aliphatic carbocycles. The lowest BCUT2D eigenvalue weighted by molar-refractivity contribution is 0.121. The van der Waals surface area contributed by atoms with Crippen molar-refractivity contribution in [3.05, 3.63) is 23.8 Å². The van der Waals surface area contributed by atoms with Crippen molar-refractivity contribution in [1.29, 1.82) is 0 Å². The summed E-state index contributed by atoms with van der Waals surface area (Å²) in [6, 6.07) is 5.73. The van der Waals surface area contributed by atoms with Gasteiger partial charge < -0.3 is 14.4 Å². The third-order valence-corrected chi connectivity index (χ3v) is 5.66. The summed E-state index contributed by atoms with van der Waals surface area (Å²) in [5.41, 5.74) is 5.92. The van der Waals surface area contributed by atoms with Crippen molar-refractivity contribution in [2.75, 3.05) is 63.7 Å². The van der Waals surface area contributed by atoms with Gasteiger partial charge in [0.1, 0.15) is 0 Å². The molecule has 1 aromatic carbocycles. The number of likely N-dealkylation sites (N-methyl/N-ethyl adjacent to an activating group) is 1.